The number of halogens is 1. The molecule has 2 aromatic carbocycles. The van der Waals surface area contributed by atoms with Gasteiger partial charge in [-0.15, -0.1) is 0 Å². The molecule has 7 nitrogen and oxygen atoms in total. The standard InChI is InChI=1S/C18H15FN4O3S/c1-10-15(17(24)21-13-7-5-12(19)6-8-13)16(22-18(27)20-10)11-3-2-4-14(9-11)23(25)26/h2-9,16H,1H3,(H,21,24)(H2,20,22,27)/t16-/m1/s1. The van der Waals surface area contributed by atoms with Crippen LogP contribution in [0.1, 0.15) is 18.5 Å². The molecule has 0 aliphatic carbocycles. The fourth-order valence-corrected chi connectivity index (χ4v) is 3.07. The molecule has 3 N–H and O–H groups in total. The number of rotatable bonds is 4. The summed E-state index contributed by atoms with van der Waals surface area (Å²) < 4.78 is 13.1. The summed E-state index contributed by atoms with van der Waals surface area (Å²) in [4.78, 5) is 23.4. The van der Waals surface area contributed by atoms with Crippen LogP contribution in [0.25, 0.3) is 0 Å². The highest BCUT2D eigenvalue weighted by Gasteiger charge is 2.30. The van der Waals surface area contributed by atoms with Gasteiger partial charge >= 0.3 is 0 Å². The van der Waals surface area contributed by atoms with E-state index in [2.05, 4.69) is 16.0 Å². The van der Waals surface area contributed by atoms with E-state index in [0.717, 1.165) is 0 Å². The van der Waals surface area contributed by atoms with Gasteiger partial charge in [0.25, 0.3) is 11.6 Å². The topological polar surface area (TPSA) is 96.3 Å². The first-order valence-electron chi connectivity index (χ1n) is 7.94. The smallest absolute Gasteiger partial charge is 0.269 e. The third kappa shape index (κ3) is 4.09. The van der Waals surface area contributed by atoms with Crippen molar-refractivity contribution in [2.24, 2.45) is 0 Å². The highest BCUT2D eigenvalue weighted by molar-refractivity contribution is 7.80. The maximum Gasteiger partial charge on any atom is 0.269 e. The van der Waals surface area contributed by atoms with Gasteiger partial charge in [-0.1, -0.05) is 12.1 Å². The molecule has 9 heteroatoms. The number of anilines is 1. The van der Waals surface area contributed by atoms with Crippen LogP contribution in [0.2, 0.25) is 0 Å². The number of allylic oxidation sites excluding steroid dienone is 1. The molecule has 1 aliphatic rings. The van der Waals surface area contributed by atoms with Gasteiger partial charge in [-0.2, -0.15) is 0 Å². The molecule has 0 bridgehead atoms. The van der Waals surface area contributed by atoms with Crippen molar-refractivity contribution in [2.45, 2.75) is 13.0 Å². The second-order valence-corrected chi connectivity index (χ2v) is 6.29. The minimum atomic E-state index is -0.668. The summed E-state index contributed by atoms with van der Waals surface area (Å²) in [5, 5.41) is 19.9. The monoisotopic (exact) mass is 386 g/mol. The Morgan fingerprint density at radius 3 is 2.63 bits per heavy atom. The Labute approximate surface area is 159 Å². The second kappa shape index (κ2) is 7.50. The molecule has 0 unspecified atom stereocenters. The van der Waals surface area contributed by atoms with Gasteiger partial charge in [-0.3, -0.25) is 14.9 Å². The van der Waals surface area contributed by atoms with Crippen molar-refractivity contribution in [2.75, 3.05) is 5.32 Å². The van der Waals surface area contributed by atoms with Crippen LogP contribution in [-0.4, -0.2) is 15.9 Å². The summed E-state index contributed by atoms with van der Waals surface area (Å²) in [6.45, 7) is 1.69. The van der Waals surface area contributed by atoms with Gasteiger partial charge in [0.1, 0.15) is 5.82 Å². The van der Waals surface area contributed by atoms with E-state index < -0.39 is 22.7 Å². The first kappa shape index (κ1) is 18.5. The summed E-state index contributed by atoms with van der Waals surface area (Å²) in [5.74, 6) is -0.845. The van der Waals surface area contributed by atoms with Crippen LogP contribution < -0.4 is 16.0 Å². The Hall–Kier alpha value is -3.33. The maximum absolute atomic E-state index is 13.1. The first-order chi connectivity index (χ1) is 12.8. The summed E-state index contributed by atoms with van der Waals surface area (Å²) in [6, 6.07) is 10.7. The van der Waals surface area contributed by atoms with Crippen LogP contribution >= 0.6 is 12.2 Å². The molecular weight excluding hydrogens is 371 g/mol. The zero-order valence-corrected chi connectivity index (χ0v) is 15.0. The minimum Gasteiger partial charge on any atom is -0.351 e. The third-order valence-electron chi connectivity index (χ3n) is 4.03. The van der Waals surface area contributed by atoms with Gasteiger partial charge in [-0.05, 0) is 49.0 Å². The molecule has 138 valence electrons. The molecule has 0 spiro atoms. The Bertz CT molecular complexity index is 959. The normalized spacial score (nSPS) is 16.4. The van der Waals surface area contributed by atoms with Crippen molar-refractivity contribution in [3.63, 3.8) is 0 Å². The number of nitro benzene ring substituents is 1. The molecule has 0 radical (unpaired) electrons. The Morgan fingerprint density at radius 1 is 1.26 bits per heavy atom. The predicted octanol–water partition coefficient (Wildman–Crippen LogP) is 3.17. The first-order valence-corrected chi connectivity index (χ1v) is 8.35. The van der Waals surface area contributed by atoms with E-state index >= 15 is 0 Å². The SMILES string of the molecule is CC1=C(C(=O)Nc2ccc(F)cc2)[C@@H](c2cccc([N+](=O)[O-])c2)NC(=S)N1. The predicted molar refractivity (Wildman–Crippen MR) is 102 cm³/mol. The van der Waals surface area contributed by atoms with Gasteiger partial charge in [-0.25, -0.2) is 4.39 Å². The molecular formula is C18H15FN4O3S. The van der Waals surface area contributed by atoms with Crippen molar-refractivity contribution in [1.29, 1.82) is 0 Å². The molecule has 0 saturated heterocycles. The Balaban J connectivity index is 1.96. The van der Waals surface area contributed by atoms with Crippen molar-refractivity contribution >= 4 is 34.6 Å². The van der Waals surface area contributed by atoms with Crippen LogP contribution in [0.15, 0.2) is 59.8 Å². The van der Waals surface area contributed by atoms with Gasteiger partial charge in [0.05, 0.1) is 16.5 Å². The highest BCUT2D eigenvalue weighted by atomic mass is 32.1. The molecule has 0 fully saturated rings. The number of hydrogen-bond acceptors (Lipinski definition) is 4. The molecule has 1 heterocycles. The molecule has 1 atom stereocenters. The van der Waals surface area contributed by atoms with Crippen LogP contribution in [0.4, 0.5) is 15.8 Å². The summed E-state index contributed by atoms with van der Waals surface area (Å²) in [5.41, 5.74) is 1.71. The number of carbonyl (C=O) groups excluding carboxylic acids is 1. The van der Waals surface area contributed by atoms with E-state index in [1.165, 1.54) is 36.4 Å². The van der Waals surface area contributed by atoms with E-state index in [1.807, 2.05) is 0 Å². The number of non-ortho nitro benzene ring substituents is 1. The van der Waals surface area contributed by atoms with E-state index in [-0.39, 0.29) is 5.69 Å². The molecule has 27 heavy (non-hydrogen) atoms. The molecule has 0 aromatic heterocycles. The number of nitrogens with one attached hydrogen (secondary N) is 3. The number of carbonyl (C=O) groups is 1. The molecule has 0 saturated carbocycles. The number of benzene rings is 2. The summed E-state index contributed by atoms with van der Waals surface area (Å²) >= 11 is 5.16. The number of nitro groups is 1. The van der Waals surface area contributed by atoms with Crippen LogP contribution in [0, 0.1) is 15.9 Å². The van der Waals surface area contributed by atoms with Crippen LogP contribution in [0.5, 0.6) is 0 Å². The van der Waals surface area contributed by atoms with Crippen LogP contribution in [0.3, 0.4) is 0 Å². The zero-order valence-electron chi connectivity index (χ0n) is 14.2. The van der Waals surface area contributed by atoms with E-state index in [4.69, 9.17) is 12.2 Å². The summed E-state index contributed by atoms with van der Waals surface area (Å²) in [6.07, 6.45) is 0. The summed E-state index contributed by atoms with van der Waals surface area (Å²) in [7, 11) is 0. The molecule has 1 aliphatic heterocycles. The fourth-order valence-electron chi connectivity index (χ4n) is 2.79. The lowest BCUT2D eigenvalue weighted by Gasteiger charge is -2.30. The molecule has 3 rings (SSSR count). The van der Waals surface area contributed by atoms with E-state index in [0.29, 0.717) is 27.6 Å². The quantitative estimate of drug-likeness (QED) is 0.424. The lowest BCUT2D eigenvalue weighted by atomic mass is 9.94. The maximum atomic E-state index is 13.1. The van der Waals surface area contributed by atoms with Gasteiger partial charge in [0, 0.05) is 23.5 Å². The number of amides is 1. The highest BCUT2D eigenvalue weighted by Crippen LogP contribution is 2.29. The molecule has 2 aromatic rings. The minimum absolute atomic E-state index is 0.0882. The second-order valence-electron chi connectivity index (χ2n) is 5.88. The van der Waals surface area contributed by atoms with E-state index in [1.54, 1.807) is 19.1 Å². The van der Waals surface area contributed by atoms with Crippen molar-refractivity contribution in [1.82, 2.24) is 10.6 Å². The number of thiocarbonyl (C=S) groups is 1. The Kier molecular flexibility index (Phi) is 5.13. The number of hydrogen-bond donors (Lipinski definition) is 3. The lowest BCUT2D eigenvalue weighted by Crippen LogP contribution is -2.45. The third-order valence-corrected chi connectivity index (χ3v) is 4.25. The average Bonchev–Trinajstić information content (AvgIpc) is 2.63. The van der Waals surface area contributed by atoms with Crippen molar-refractivity contribution < 1.29 is 14.1 Å². The lowest BCUT2D eigenvalue weighted by molar-refractivity contribution is -0.384. The largest absolute Gasteiger partial charge is 0.351 e. The fraction of sp³-hybridized carbons (Fsp3) is 0.111. The van der Waals surface area contributed by atoms with E-state index in [9.17, 15) is 19.3 Å². The van der Waals surface area contributed by atoms with Crippen molar-refractivity contribution in [3.8, 4) is 0 Å². The van der Waals surface area contributed by atoms with Gasteiger partial charge < -0.3 is 16.0 Å². The zero-order chi connectivity index (χ0) is 19.6. The average molecular weight is 386 g/mol. The van der Waals surface area contributed by atoms with Crippen LogP contribution in [-0.2, 0) is 4.79 Å². The van der Waals surface area contributed by atoms with Gasteiger partial charge in [0.2, 0.25) is 0 Å². The number of nitrogens with zero attached hydrogens (tertiary/aromatic N) is 1. The van der Waals surface area contributed by atoms with Crippen molar-refractivity contribution in [3.05, 3.63) is 81.3 Å². The molecule has 1 amide bonds. The Morgan fingerprint density at radius 2 is 1.96 bits per heavy atom. The van der Waals surface area contributed by atoms with Gasteiger partial charge in [0.15, 0.2) is 5.11 Å².